The summed E-state index contributed by atoms with van der Waals surface area (Å²) in [6, 6.07) is 7.67. The number of hydrogen-bond donors (Lipinski definition) is 2. The third-order valence-electron chi connectivity index (χ3n) is 1.98. The van der Waals surface area contributed by atoms with Crippen LogP contribution in [0.4, 0.5) is 5.69 Å². The average Bonchev–Trinajstić information content (AvgIpc) is 2.30. The zero-order valence-electron chi connectivity index (χ0n) is 9.21. The van der Waals surface area contributed by atoms with Gasteiger partial charge in [-0.1, -0.05) is 35.5 Å². The fraction of sp³-hybridized carbons (Fsp3) is 0.182. The second-order valence-electron chi connectivity index (χ2n) is 3.22. The van der Waals surface area contributed by atoms with Crippen LogP contribution >= 0.6 is 12.2 Å². The van der Waals surface area contributed by atoms with E-state index in [1.165, 1.54) is 0 Å². The van der Waals surface area contributed by atoms with Gasteiger partial charge in [0.05, 0.1) is 0 Å². The third kappa shape index (κ3) is 5.01. The van der Waals surface area contributed by atoms with Crippen molar-refractivity contribution >= 4 is 29.1 Å². The van der Waals surface area contributed by atoms with E-state index in [1.54, 1.807) is 0 Å². The molecule has 1 aromatic carbocycles. The van der Waals surface area contributed by atoms with E-state index in [9.17, 15) is 0 Å². The van der Waals surface area contributed by atoms with E-state index in [1.807, 2.05) is 36.4 Å². The monoisotopic (exact) mass is 247 g/mol. The second-order valence-corrected chi connectivity index (χ2v) is 3.66. The Labute approximate surface area is 105 Å². The molecule has 1 aromatic rings. The summed E-state index contributed by atoms with van der Waals surface area (Å²) in [4.78, 5) is 2.68. The second kappa shape index (κ2) is 7.27. The van der Waals surface area contributed by atoms with Crippen molar-refractivity contribution in [3.05, 3.63) is 46.3 Å². The van der Waals surface area contributed by atoms with Gasteiger partial charge in [0.2, 0.25) is 0 Å². The number of anilines is 1. The van der Waals surface area contributed by atoms with Crippen LogP contribution in [0.3, 0.4) is 0 Å². The lowest BCUT2D eigenvalue weighted by Crippen LogP contribution is -2.19. The number of nitrogens with one attached hydrogen (secondary N) is 1. The van der Waals surface area contributed by atoms with Crippen molar-refractivity contribution < 1.29 is 0 Å². The molecule has 0 amide bonds. The molecule has 17 heavy (non-hydrogen) atoms. The standard InChI is InChI=1S/C11H13N5S/c12-11(17)15-10-7-2-1-5-9(10)6-3-4-8-14-16-13/h1-3,5-7H,4,8H2,(H3,12,15,17). The Kier molecular flexibility index (Phi) is 5.57. The molecule has 0 aliphatic rings. The Hall–Kier alpha value is -2.04. The first-order valence-corrected chi connectivity index (χ1v) is 5.47. The predicted molar refractivity (Wildman–Crippen MR) is 74.5 cm³/mol. The number of para-hydroxylation sites is 1. The lowest BCUT2D eigenvalue weighted by atomic mass is 10.1. The number of rotatable bonds is 5. The van der Waals surface area contributed by atoms with E-state index in [0.29, 0.717) is 13.0 Å². The molecule has 88 valence electrons. The highest BCUT2D eigenvalue weighted by atomic mass is 32.1. The number of hydrogen-bond acceptors (Lipinski definition) is 2. The minimum atomic E-state index is 0.236. The Bertz CT molecular complexity index is 463. The molecule has 0 bridgehead atoms. The summed E-state index contributed by atoms with van der Waals surface area (Å²) < 4.78 is 0. The van der Waals surface area contributed by atoms with Gasteiger partial charge in [-0.15, -0.1) is 0 Å². The molecule has 6 heteroatoms. The van der Waals surface area contributed by atoms with E-state index in [2.05, 4.69) is 15.3 Å². The van der Waals surface area contributed by atoms with Crippen molar-refractivity contribution in [3.8, 4) is 0 Å². The van der Waals surface area contributed by atoms with Gasteiger partial charge in [0, 0.05) is 17.1 Å². The average molecular weight is 247 g/mol. The number of azide groups is 1. The van der Waals surface area contributed by atoms with Crippen LogP contribution in [0.25, 0.3) is 16.5 Å². The van der Waals surface area contributed by atoms with Gasteiger partial charge in [0.15, 0.2) is 5.11 Å². The fourth-order valence-electron chi connectivity index (χ4n) is 1.28. The molecule has 0 aliphatic carbocycles. The van der Waals surface area contributed by atoms with Crippen LogP contribution in [0.5, 0.6) is 0 Å². The molecule has 0 spiro atoms. The molecule has 1 rings (SSSR count). The maximum Gasteiger partial charge on any atom is 0.168 e. The predicted octanol–water partition coefficient (Wildman–Crippen LogP) is 3.06. The van der Waals surface area contributed by atoms with Gasteiger partial charge in [-0.2, -0.15) is 0 Å². The maximum absolute atomic E-state index is 8.12. The van der Waals surface area contributed by atoms with E-state index >= 15 is 0 Å². The van der Waals surface area contributed by atoms with Crippen LogP contribution in [0.1, 0.15) is 12.0 Å². The Morgan fingerprint density at radius 1 is 1.53 bits per heavy atom. The van der Waals surface area contributed by atoms with E-state index in [-0.39, 0.29) is 5.11 Å². The van der Waals surface area contributed by atoms with Crippen molar-refractivity contribution in [2.75, 3.05) is 11.9 Å². The van der Waals surface area contributed by atoms with Crippen molar-refractivity contribution in [1.29, 1.82) is 0 Å². The summed E-state index contributed by atoms with van der Waals surface area (Å²) in [7, 11) is 0. The van der Waals surface area contributed by atoms with Crippen LogP contribution in [0.2, 0.25) is 0 Å². The Morgan fingerprint density at radius 3 is 3.00 bits per heavy atom. The van der Waals surface area contributed by atoms with Gasteiger partial charge in [0.1, 0.15) is 0 Å². The van der Waals surface area contributed by atoms with Crippen molar-refractivity contribution in [2.45, 2.75) is 6.42 Å². The summed E-state index contributed by atoms with van der Waals surface area (Å²) >= 11 is 4.79. The highest BCUT2D eigenvalue weighted by molar-refractivity contribution is 7.80. The molecule has 0 saturated carbocycles. The van der Waals surface area contributed by atoms with Gasteiger partial charge in [-0.25, -0.2) is 0 Å². The van der Waals surface area contributed by atoms with Gasteiger partial charge in [0.25, 0.3) is 0 Å². The lowest BCUT2D eigenvalue weighted by molar-refractivity contribution is 0.996. The Balaban J connectivity index is 2.69. The van der Waals surface area contributed by atoms with Gasteiger partial charge < -0.3 is 11.1 Å². The van der Waals surface area contributed by atoms with Gasteiger partial charge in [-0.3, -0.25) is 0 Å². The van der Waals surface area contributed by atoms with Gasteiger partial charge >= 0.3 is 0 Å². The summed E-state index contributed by atoms with van der Waals surface area (Å²) in [5, 5.41) is 6.58. The number of benzene rings is 1. The van der Waals surface area contributed by atoms with Crippen LogP contribution < -0.4 is 11.1 Å². The molecule has 0 aromatic heterocycles. The molecule has 0 fully saturated rings. The van der Waals surface area contributed by atoms with Crippen LogP contribution in [0, 0.1) is 0 Å². The van der Waals surface area contributed by atoms with Crippen LogP contribution in [0.15, 0.2) is 35.5 Å². The minimum absolute atomic E-state index is 0.236. The van der Waals surface area contributed by atoms with E-state index in [4.69, 9.17) is 23.5 Å². The summed E-state index contributed by atoms with van der Waals surface area (Å²) in [6.07, 6.45) is 4.58. The molecule has 0 saturated heterocycles. The fourth-order valence-corrected chi connectivity index (χ4v) is 1.39. The first-order chi connectivity index (χ1) is 8.24. The SMILES string of the molecule is [N-]=[N+]=NCCC=Cc1ccccc1NC(N)=S. The molecule has 3 N–H and O–H groups in total. The van der Waals surface area contributed by atoms with E-state index in [0.717, 1.165) is 11.3 Å². The first-order valence-electron chi connectivity index (χ1n) is 5.07. The highest BCUT2D eigenvalue weighted by Crippen LogP contribution is 2.16. The lowest BCUT2D eigenvalue weighted by Gasteiger charge is -2.06. The molecule has 5 nitrogen and oxygen atoms in total. The normalized spacial score (nSPS) is 9.88. The van der Waals surface area contributed by atoms with Crippen LogP contribution in [-0.4, -0.2) is 11.7 Å². The molecule has 0 atom stereocenters. The Morgan fingerprint density at radius 2 is 2.29 bits per heavy atom. The maximum atomic E-state index is 8.12. The number of nitrogens with two attached hydrogens (primary N) is 1. The highest BCUT2D eigenvalue weighted by Gasteiger charge is 1.97. The quantitative estimate of drug-likeness (QED) is 0.275. The zero-order chi connectivity index (χ0) is 12.5. The number of nitrogens with zero attached hydrogens (tertiary/aromatic N) is 3. The topological polar surface area (TPSA) is 86.8 Å². The minimum Gasteiger partial charge on any atom is -0.376 e. The molecule has 0 heterocycles. The smallest absolute Gasteiger partial charge is 0.168 e. The van der Waals surface area contributed by atoms with Crippen LogP contribution in [-0.2, 0) is 0 Å². The third-order valence-corrected chi connectivity index (χ3v) is 2.08. The zero-order valence-corrected chi connectivity index (χ0v) is 10.0. The van der Waals surface area contributed by atoms with Gasteiger partial charge in [-0.05, 0) is 35.8 Å². The molecule has 0 aliphatic heterocycles. The number of thiocarbonyl (C=S) groups is 1. The van der Waals surface area contributed by atoms with Crippen molar-refractivity contribution in [3.63, 3.8) is 0 Å². The summed E-state index contributed by atoms with van der Waals surface area (Å²) in [5.41, 5.74) is 15.4. The van der Waals surface area contributed by atoms with Crippen molar-refractivity contribution in [2.24, 2.45) is 10.8 Å². The molecule has 0 radical (unpaired) electrons. The molecule has 0 unspecified atom stereocenters. The largest absolute Gasteiger partial charge is 0.376 e. The summed E-state index contributed by atoms with van der Waals surface area (Å²) in [5.74, 6) is 0. The molecular formula is C11H13N5S. The summed E-state index contributed by atoms with van der Waals surface area (Å²) in [6.45, 7) is 0.456. The van der Waals surface area contributed by atoms with Crippen molar-refractivity contribution in [1.82, 2.24) is 0 Å². The molecular weight excluding hydrogens is 234 g/mol. The first kappa shape index (κ1) is 13.0. The van der Waals surface area contributed by atoms with E-state index < -0.39 is 0 Å².